The Labute approximate surface area is 51.6 Å². The van der Waals surface area contributed by atoms with E-state index in [9.17, 15) is 0 Å². The molecule has 0 N–H and O–H groups in total. The molecule has 0 nitrogen and oxygen atoms in total. The minimum absolute atomic E-state index is 0.963. The van der Waals surface area contributed by atoms with Crippen LogP contribution in [0.5, 0.6) is 0 Å². The van der Waals surface area contributed by atoms with Crippen molar-refractivity contribution in [3.63, 3.8) is 0 Å². The van der Waals surface area contributed by atoms with Crippen LogP contribution >= 0.6 is 11.8 Å². The average Bonchev–Trinajstić information content (AvgIpc) is 2.26. The molecule has 3 heteroatoms. The van der Waals surface area contributed by atoms with Gasteiger partial charge in [-0.05, 0) is 6.42 Å². The van der Waals surface area contributed by atoms with Gasteiger partial charge in [0.15, 0.2) is 0 Å². The molecule has 2 fully saturated rings. The number of rotatable bonds is 1. The molecule has 0 aromatic rings. The largest absolute Gasteiger partial charge is 0.112 e. The van der Waals surface area contributed by atoms with Crippen molar-refractivity contribution in [3.8, 4) is 0 Å². The monoisotopic (exact) mass is 150 g/mol. The van der Waals surface area contributed by atoms with Crippen LogP contribution in [-0.4, -0.2) is 7.33 Å². The van der Waals surface area contributed by atoms with E-state index in [1.165, 1.54) is 10.3 Å². The maximum absolute atomic E-state index is 2.34. The van der Waals surface area contributed by atoms with Gasteiger partial charge < -0.3 is 0 Å². The van der Waals surface area contributed by atoms with Crippen LogP contribution in [0.3, 0.4) is 0 Å². The second kappa shape index (κ2) is 0.792. The van der Waals surface area contributed by atoms with E-state index in [1.807, 2.05) is 0 Å². The van der Waals surface area contributed by atoms with Crippen molar-refractivity contribution in [1.82, 2.24) is 0 Å². The normalized spacial score (nSPS) is 79.3. The Morgan fingerprint density at radius 1 is 1.71 bits per heavy atom. The summed E-state index contributed by atoms with van der Waals surface area (Å²) in [6, 6.07) is 0. The number of hydrogen-bond donors (Lipinski definition) is 0. The van der Waals surface area contributed by atoms with Crippen LogP contribution in [0.2, 0.25) is 0 Å². The quantitative estimate of drug-likeness (QED) is 0.542. The van der Waals surface area contributed by atoms with Crippen LogP contribution in [0.4, 0.5) is 0 Å². The topological polar surface area (TPSA) is 0 Å². The van der Waals surface area contributed by atoms with Crippen LogP contribution in [0.15, 0.2) is 0 Å². The summed E-state index contributed by atoms with van der Waals surface area (Å²) in [6.45, 7) is 2.34. The van der Waals surface area contributed by atoms with Gasteiger partial charge in [0.05, 0.1) is 0 Å². The fourth-order valence-corrected chi connectivity index (χ4v) is 16.4. The van der Waals surface area contributed by atoms with E-state index in [2.05, 4.69) is 18.7 Å². The molecule has 4 rings (SSSR count). The summed E-state index contributed by atoms with van der Waals surface area (Å²) in [6.07, 6.45) is 1.47. The van der Waals surface area contributed by atoms with Crippen LogP contribution in [-0.2, 0) is 18.9 Å². The lowest BCUT2D eigenvalue weighted by molar-refractivity contribution is 0.987. The Morgan fingerprint density at radius 2 is 2.43 bits per heavy atom. The van der Waals surface area contributed by atoms with Crippen molar-refractivity contribution < 1.29 is 0 Å². The zero-order valence-electron chi connectivity index (χ0n) is 4.01. The Balaban J connectivity index is 2.02. The summed E-state index contributed by atoms with van der Waals surface area (Å²) < 4.78 is 2.20. The third kappa shape index (κ3) is 0.213. The standard InChI is InChI=1S/C4H6S3/c1-2-4-5-3-6(4)7(3)4/h3H,2H2,1H3. The molecule has 40 valence electrons. The number of hydrogen-bond acceptors (Lipinski definition) is 1. The molecule has 2 unspecified atom stereocenters. The highest BCUT2D eigenvalue weighted by molar-refractivity contribution is 8.94. The van der Waals surface area contributed by atoms with E-state index in [0.717, 1.165) is 22.3 Å². The molecule has 2 bridgehead atoms. The van der Waals surface area contributed by atoms with Crippen LogP contribution in [0, 0.1) is 0 Å². The van der Waals surface area contributed by atoms with Gasteiger partial charge in [-0.1, -0.05) is 6.92 Å². The fourth-order valence-electron chi connectivity index (χ4n) is 1.21. The molecule has 4 aliphatic heterocycles. The average molecular weight is 150 g/mol. The van der Waals surface area contributed by atoms with Crippen molar-refractivity contribution in [3.05, 3.63) is 0 Å². The summed E-state index contributed by atoms with van der Waals surface area (Å²) >= 11 is 2.27. The minimum Gasteiger partial charge on any atom is -0.108 e. The van der Waals surface area contributed by atoms with Crippen molar-refractivity contribution in [2.75, 3.05) is 0 Å². The molecule has 0 saturated carbocycles. The van der Waals surface area contributed by atoms with Gasteiger partial charge in [-0.25, -0.2) is 0 Å². The lowest BCUT2D eigenvalue weighted by Gasteiger charge is -2.39. The maximum atomic E-state index is 2.34. The first kappa shape index (κ1) is 3.96. The molecule has 0 aromatic carbocycles. The van der Waals surface area contributed by atoms with Crippen molar-refractivity contribution in [2.24, 2.45) is 0 Å². The van der Waals surface area contributed by atoms with E-state index in [1.54, 1.807) is 0 Å². The molecular weight excluding hydrogens is 144 g/mol. The summed E-state index contributed by atoms with van der Waals surface area (Å²) in [4.78, 5) is 0. The van der Waals surface area contributed by atoms with Gasteiger partial charge in [-0.2, -0.15) is 0 Å². The predicted octanol–water partition coefficient (Wildman–Crippen LogP) is 1.26. The molecule has 4 heterocycles. The first-order valence-corrected chi connectivity index (χ1v) is 6.52. The first-order valence-electron chi connectivity index (χ1n) is 2.55. The van der Waals surface area contributed by atoms with Gasteiger partial charge in [0.1, 0.15) is 7.33 Å². The molecule has 4 aliphatic rings. The summed E-state index contributed by atoms with van der Waals surface area (Å²) in [5, 5.41) is 0. The maximum Gasteiger partial charge on any atom is 0.112 e. The lowest BCUT2D eigenvalue weighted by Crippen LogP contribution is -2.40. The first-order chi connectivity index (χ1) is 3.40. The highest BCUT2D eigenvalue weighted by Crippen LogP contribution is 2.83. The van der Waals surface area contributed by atoms with Gasteiger partial charge in [-0.15, -0.1) is 30.7 Å². The Bertz CT molecular complexity index is 175. The third-order valence-electron chi connectivity index (χ3n) is 1.80. The molecule has 7 heavy (non-hydrogen) atoms. The molecule has 0 amide bonds. The summed E-state index contributed by atoms with van der Waals surface area (Å²) in [5.41, 5.74) is 0. The highest BCUT2D eigenvalue weighted by atomic mass is 33.0. The summed E-state index contributed by atoms with van der Waals surface area (Å²) in [7, 11) is 2.08. The second-order valence-corrected chi connectivity index (χ2v) is 10.8. The molecular formula is C4H6S3. The van der Waals surface area contributed by atoms with Crippen LogP contribution in [0.25, 0.3) is 0 Å². The smallest absolute Gasteiger partial charge is 0.108 e. The van der Waals surface area contributed by atoms with Gasteiger partial charge in [0.2, 0.25) is 0 Å². The Kier molecular flexibility index (Phi) is 0.448. The van der Waals surface area contributed by atoms with E-state index >= 15 is 0 Å². The van der Waals surface area contributed by atoms with E-state index in [-0.39, 0.29) is 0 Å². The van der Waals surface area contributed by atoms with Crippen molar-refractivity contribution >= 4 is 30.7 Å². The van der Waals surface area contributed by atoms with Crippen molar-refractivity contribution in [2.45, 2.75) is 20.7 Å². The van der Waals surface area contributed by atoms with E-state index < -0.39 is 0 Å². The minimum atomic E-state index is 0.963. The van der Waals surface area contributed by atoms with Gasteiger partial charge >= 0.3 is 0 Å². The molecule has 0 spiro atoms. The van der Waals surface area contributed by atoms with Crippen LogP contribution in [0.1, 0.15) is 13.3 Å². The number of thioether (sulfide) groups is 1. The van der Waals surface area contributed by atoms with Gasteiger partial charge in [0.25, 0.3) is 0 Å². The highest BCUT2D eigenvalue weighted by Gasteiger charge is 2.82. The lowest BCUT2D eigenvalue weighted by atomic mass is 10.6. The fraction of sp³-hybridized carbons (Fsp3) is 1.00. The predicted molar refractivity (Wildman–Crippen MR) is 39.1 cm³/mol. The SMILES string of the molecule is CCC12SC3S1=S32. The zero-order chi connectivity index (χ0) is 4.65. The molecule has 2 saturated heterocycles. The Hall–Kier alpha value is 1.05. The third-order valence-corrected chi connectivity index (χ3v) is 14.7. The molecule has 0 aromatic heterocycles. The van der Waals surface area contributed by atoms with E-state index in [0.29, 0.717) is 0 Å². The van der Waals surface area contributed by atoms with Gasteiger partial charge in [-0.3, -0.25) is 0 Å². The molecule has 2 atom stereocenters. The summed E-state index contributed by atoms with van der Waals surface area (Å²) in [5.74, 6) is 0. The van der Waals surface area contributed by atoms with Crippen LogP contribution < -0.4 is 0 Å². The zero-order valence-corrected chi connectivity index (χ0v) is 6.46. The molecule has 0 radical (unpaired) electrons. The van der Waals surface area contributed by atoms with Gasteiger partial charge in [0, 0.05) is 0 Å². The molecule has 0 aliphatic carbocycles. The van der Waals surface area contributed by atoms with Crippen molar-refractivity contribution in [1.29, 1.82) is 0 Å². The Morgan fingerprint density at radius 3 is 2.43 bits per heavy atom. The van der Waals surface area contributed by atoms with E-state index in [4.69, 9.17) is 0 Å². The second-order valence-electron chi connectivity index (χ2n) is 2.04.